The number of carbonyl (C=O) groups is 1. The zero-order valence-corrected chi connectivity index (χ0v) is 17.9. The van der Waals surface area contributed by atoms with Gasteiger partial charge >= 0.3 is 0 Å². The van der Waals surface area contributed by atoms with E-state index in [2.05, 4.69) is 10.2 Å². The maximum Gasteiger partial charge on any atom is 0.277 e. The van der Waals surface area contributed by atoms with Gasteiger partial charge in [0.1, 0.15) is 22.8 Å². The molecule has 32 heavy (non-hydrogen) atoms. The Labute approximate surface area is 185 Å². The zero-order chi connectivity index (χ0) is 22.6. The summed E-state index contributed by atoms with van der Waals surface area (Å²) in [7, 11) is 1.66. The first-order valence-corrected chi connectivity index (χ1v) is 11.0. The maximum atomic E-state index is 14.0. The number of aromatic hydroxyl groups is 1. The van der Waals surface area contributed by atoms with Crippen molar-refractivity contribution in [2.45, 2.75) is 31.8 Å². The fourth-order valence-electron chi connectivity index (χ4n) is 4.25. The molecular formula is C21H19F2N5O3S. The second-order valence-corrected chi connectivity index (χ2v) is 8.94. The van der Waals surface area contributed by atoms with E-state index in [1.165, 1.54) is 12.3 Å². The molecule has 3 aromatic rings. The van der Waals surface area contributed by atoms with Crippen LogP contribution in [0.25, 0.3) is 10.6 Å². The van der Waals surface area contributed by atoms with E-state index in [-0.39, 0.29) is 34.4 Å². The van der Waals surface area contributed by atoms with Crippen LogP contribution >= 0.6 is 11.3 Å². The van der Waals surface area contributed by atoms with Crippen molar-refractivity contribution in [2.75, 3.05) is 18.6 Å². The first-order chi connectivity index (χ1) is 15.3. The number of nitrogens with zero attached hydrogens (tertiary/aromatic N) is 5. The number of halogens is 2. The number of hydrogen-bond donors (Lipinski definition) is 1. The predicted molar refractivity (Wildman–Crippen MR) is 113 cm³/mol. The third-order valence-corrected chi connectivity index (χ3v) is 6.87. The van der Waals surface area contributed by atoms with Crippen LogP contribution in [-0.2, 0) is 6.42 Å². The van der Waals surface area contributed by atoms with Crippen molar-refractivity contribution in [2.24, 2.45) is 0 Å². The molecule has 2 aromatic heterocycles. The monoisotopic (exact) mass is 459 g/mol. The van der Waals surface area contributed by atoms with Crippen LogP contribution < -0.4 is 10.4 Å². The van der Waals surface area contributed by atoms with Crippen molar-refractivity contribution < 1.29 is 18.7 Å². The minimum atomic E-state index is -0.718. The fraction of sp³-hybridized carbons (Fsp3) is 0.333. The van der Waals surface area contributed by atoms with Crippen LogP contribution in [0.15, 0.2) is 29.2 Å². The number of carbonyl (C=O) groups excluding carboxylic acids is 1. The molecule has 0 unspecified atom stereocenters. The first kappa shape index (κ1) is 20.6. The molecule has 1 amide bonds. The molecule has 4 heterocycles. The van der Waals surface area contributed by atoms with Gasteiger partial charge < -0.3 is 10.0 Å². The smallest absolute Gasteiger partial charge is 0.277 e. The van der Waals surface area contributed by atoms with E-state index in [1.807, 2.05) is 5.01 Å². The molecule has 0 bridgehead atoms. The molecule has 0 aliphatic carbocycles. The van der Waals surface area contributed by atoms with Crippen LogP contribution in [0.1, 0.15) is 40.3 Å². The standard InChI is InChI=1S/C21H19F2N5O3S/c1-26-16-4-2-3-7-27(16)28-10-13(18(29)19(30)17(28)21(26)31)20-25-24-15(32-20)8-11-5-6-12(22)9-14(11)23/h5-6,9-10,16,30H,2-4,7-8H2,1H3/t16-/m0/s1. The summed E-state index contributed by atoms with van der Waals surface area (Å²) in [5.41, 5.74) is -0.429. The number of aromatic nitrogens is 3. The van der Waals surface area contributed by atoms with Gasteiger partial charge in [-0.05, 0) is 30.9 Å². The van der Waals surface area contributed by atoms with Gasteiger partial charge in [0.2, 0.25) is 5.43 Å². The van der Waals surface area contributed by atoms with E-state index in [0.717, 1.165) is 42.7 Å². The summed E-state index contributed by atoms with van der Waals surface area (Å²) in [6.07, 6.45) is 4.13. The Balaban J connectivity index is 1.55. The zero-order valence-electron chi connectivity index (χ0n) is 17.1. The van der Waals surface area contributed by atoms with E-state index in [1.54, 1.807) is 16.6 Å². The Bertz CT molecular complexity index is 1290. The molecule has 2 aliphatic rings. The van der Waals surface area contributed by atoms with E-state index >= 15 is 0 Å². The third-order valence-electron chi connectivity index (χ3n) is 5.91. The highest BCUT2D eigenvalue weighted by Gasteiger charge is 2.39. The molecule has 1 saturated heterocycles. The van der Waals surface area contributed by atoms with E-state index < -0.39 is 28.7 Å². The highest BCUT2D eigenvalue weighted by atomic mass is 32.1. The summed E-state index contributed by atoms with van der Waals surface area (Å²) >= 11 is 1.08. The van der Waals surface area contributed by atoms with Gasteiger partial charge in [-0.25, -0.2) is 8.78 Å². The largest absolute Gasteiger partial charge is 0.502 e. The van der Waals surface area contributed by atoms with Crippen LogP contribution in [-0.4, -0.2) is 50.5 Å². The van der Waals surface area contributed by atoms with Crippen molar-refractivity contribution in [3.05, 3.63) is 62.5 Å². The average molecular weight is 459 g/mol. The Hall–Kier alpha value is -3.34. The lowest BCUT2D eigenvalue weighted by atomic mass is 10.1. The molecular weight excluding hydrogens is 440 g/mol. The Morgan fingerprint density at radius 2 is 2.03 bits per heavy atom. The van der Waals surface area contributed by atoms with E-state index in [4.69, 9.17) is 0 Å². The fourth-order valence-corrected chi connectivity index (χ4v) is 5.12. The SMILES string of the molecule is CN1C(=O)c2c(O)c(=O)c(-c3nnc(Cc4ccc(F)cc4F)s3)cn2N2CCCC[C@@H]12. The lowest BCUT2D eigenvalue weighted by molar-refractivity contribution is 0.0593. The molecule has 1 N–H and O–H groups in total. The minimum Gasteiger partial charge on any atom is -0.502 e. The lowest BCUT2D eigenvalue weighted by Crippen LogP contribution is -2.61. The van der Waals surface area contributed by atoms with Crippen molar-refractivity contribution in [3.8, 4) is 16.3 Å². The van der Waals surface area contributed by atoms with Gasteiger partial charge in [0.15, 0.2) is 16.5 Å². The summed E-state index contributed by atoms with van der Waals surface area (Å²) in [5, 5.41) is 21.4. The lowest BCUT2D eigenvalue weighted by Gasteiger charge is -2.47. The van der Waals surface area contributed by atoms with Crippen LogP contribution in [0.5, 0.6) is 5.75 Å². The van der Waals surface area contributed by atoms with Crippen LogP contribution in [0.3, 0.4) is 0 Å². The molecule has 11 heteroatoms. The molecule has 0 spiro atoms. The van der Waals surface area contributed by atoms with Gasteiger partial charge in [-0.15, -0.1) is 10.2 Å². The average Bonchev–Trinajstić information content (AvgIpc) is 3.24. The molecule has 8 nitrogen and oxygen atoms in total. The van der Waals surface area contributed by atoms with Gasteiger partial charge in [-0.1, -0.05) is 17.4 Å². The van der Waals surface area contributed by atoms with E-state index in [9.17, 15) is 23.5 Å². The molecule has 1 fully saturated rings. The van der Waals surface area contributed by atoms with Gasteiger partial charge in [0.05, 0.1) is 5.56 Å². The summed E-state index contributed by atoms with van der Waals surface area (Å²) < 4.78 is 28.7. The summed E-state index contributed by atoms with van der Waals surface area (Å²) in [4.78, 5) is 27.3. The number of pyridine rings is 1. The van der Waals surface area contributed by atoms with Gasteiger partial charge in [-0.2, -0.15) is 0 Å². The summed E-state index contributed by atoms with van der Waals surface area (Å²) in [5.74, 6) is -2.41. The Kier molecular flexibility index (Phi) is 4.92. The van der Waals surface area contributed by atoms with Crippen molar-refractivity contribution >= 4 is 17.2 Å². The highest BCUT2D eigenvalue weighted by molar-refractivity contribution is 7.14. The molecule has 0 radical (unpaired) electrons. The van der Waals surface area contributed by atoms with Crippen LogP contribution in [0.4, 0.5) is 8.78 Å². The second-order valence-electron chi connectivity index (χ2n) is 7.88. The number of benzene rings is 1. The maximum absolute atomic E-state index is 14.0. The number of hydrogen-bond acceptors (Lipinski definition) is 7. The third kappa shape index (κ3) is 3.24. The van der Waals surface area contributed by atoms with Gasteiger partial charge in [-0.3, -0.25) is 19.3 Å². The molecule has 0 saturated carbocycles. The van der Waals surface area contributed by atoms with Gasteiger partial charge in [0, 0.05) is 32.3 Å². The number of piperidine rings is 1. The number of rotatable bonds is 3. The number of amides is 1. The van der Waals surface area contributed by atoms with E-state index in [0.29, 0.717) is 11.6 Å². The molecule has 2 aliphatic heterocycles. The van der Waals surface area contributed by atoms with Crippen molar-refractivity contribution in [3.63, 3.8) is 0 Å². The predicted octanol–water partition coefficient (Wildman–Crippen LogP) is 2.48. The number of fused-ring (bicyclic) bond motifs is 3. The van der Waals surface area contributed by atoms with Crippen molar-refractivity contribution in [1.29, 1.82) is 0 Å². The molecule has 1 atom stereocenters. The Morgan fingerprint density at radius 3 is 2.81 bits per heavy atom. The molecule has 1 aromatic carbocycles. The topological polar surface area (TPSA) is 91.6 Å². The second kappa shape index (κ2) is 7.66. The normalized spacial score (nSPS) is 18.0. The highest BCUT2D eigenvalue weighted by Crippen LogP contribution is 2.31. The van der Waals surface area contributed by atoms with Gasteiger partial charge in [0.25, 0.3) is 5.91 Å². The summed E-state index contributed by atoms with van der Waals surface area (Å²) in [6, 6.07) is 3.30. The first-order valence-electron chi connectivity index (χ1n) is 10.1. The van der Waals surface area contributed by atoms with Crippen molar-refractivity contribution in [1.82, 2.24) is 19.8 Å². The quantitative estimate of drug-likeness (QED) is 0.647. The van der Waals surface area contributed by atoms with Crippen LogP contribution in [0, 0.1) is 11.6 Å². The molecule has 166 valence electrons. The minimum absolute atomic E-state index is 0.0717. The Morgan fingerprint density at radius 1 is 1.22 bits per heavy atom. The molecule has 5 rings (SSSR count). The summed E-state index contributed by atoms with van der Waals surface area (Å²) in [6.45, 7) is 0.669. The van der Waals surface area contributed by atoms with Crippen LogP contribution in [0.2, 0.25) is 0 Å².